The Morgan fingerprint density at radius 1 is 1.10 bits per heavy atom. The Morgan fingerprint density at radius 3 is 2.39 bits per heavy atom. The lowest BCUT2D eigenvalue weighted by Gasteiger charge is -2.23. The van der Waals surface area contributed by atoms with Crippen LogP contribution in [0.4, 0.5) is 11.5 Å². The number of aliphatic hydroxyl groups is 2. The second kappa shape index (κ2) is 8.65. The summed E-state index contributed by atoms with van der Waals surface area (Å²) in [5.74, 6) is -0.769. The van der Waals surface area contributed by atoms with E-state index in [-0.39, 0.29) is 17.2 Å². The number of aliphatic hydroxyl groups excluding tert-OH is 2. The zero-order chi connectivity index (χ0) is 23.2. The molecule has 2 aliphatic rings. The van der Waals surface area contributed by atoms with Gasteiger partial charge in [0.15, 0.2) is 12.1 Å². The fourth-order valence-electron chi connectivity index (χ4n) is 2.80. The molecule has 1 aromatic heterocycles. The summed E-state index contributed by atoms with van der Waals surface area (Å²) in [6.07, 6.45) is -4.24. The van der Waals surface area contributed by atoms with Crippen molar-refractivity contribution in [2.75, 3.05) is 12.8 Å². The molecule has 0 bridgehead atoms. The average molecular weight is 506 g/mol. The van der Waals surface area contributed by atoms with Gasteiger partial charge in [-0.15, -0.1) is 0 Å². The second-order valence-electron chi connectivity index (χ2n) is 6.10. The Bertz CT molecular complexity index is 1020. The standard InChI is InChI=1S/C11H17N4O13P3/c1-24-31(23,28-30(21,22)27-29(18,19)20)26-11-8(17)7(16)9(25-11)4-2-13-6-5(4)14-3-15-10(6)12/h2-4,7-9,11,16-17H,1H3,(H,21,22)(H2,12,14,15)(H2,18,19,20)/t4?,7-,8+,9+,11-,31?/m1/s1. The van der Waals surface area contributed by atoms with Crippen molar-refractivity contribution in [3.63, 3.8) is 0 Å². The van der Waals surface area contributed by atoms with E-state index in [1.807, 2.05) is 0 Å². The quantitative estimate of drug-likeness (QED) is 0.238. The Hall–Kier alpha value is -1.16. The molecule has 0 aromatic carbocycles. The van der Waals surface area contributed by atoms with Crippen LogP contribution in [0.3, 0.4) is 0 Å². The first-order valence-corrected chi connectivity index (χ1v) is 12.6. The van der Waals surface area contributed by atoms with E-state index in [1.54, 1.807) is 0 Å². The third kappa shape index (κ3) is 5.43. The monoisotopic (exact) mass is 506 g/mol. The number of nitrogens with zero attached hydrogens (tertiary/aromatic N) is 3. The third-order valence-electron chi connectivity index (χ3n) is 4.04. The minimum absolute atomic E-state index is 0.0608. The molecular formula is C11H17N4O13P3. The fraction of sp³-hybridized carbons (Fsp3) is 0.545. The van der Waals surface area contributed by atoms with Crippen molar-refractivity contribution < 1.29 is 61.0 Å². The zero-order valence-electron chi connectivity index (χ0n) is 15.3. The predicted octanol–water partition coefficient (Wildman–Crippen LogP) is -0.698. The Morgan fingerprint density at radius 2 is 1.77 bits per heavy atom. The summed E-state index contributed by atoms with van der Waals surface area (Å²) >= 11 is 0. The topological polar surface area (TPSA) is 263 Å². The Balaban J connectivity index is 1.76. The van der Waals surface area contributed by atoms with Crippen molar-refractivity contribution in [3.05, 3.63) is 12.0 Å². The maximum atomic E-state index is 12.5. The average Bonchev–Trinajstić information content (AvgIpc) is 3.16. The molecule has 0 aliphatic carbocycles. The Kier molecular flexibility index (Phi) is 6.83. The van der Waals surface area contributed by atoms with Crippen molar-refractivity contribution in [1.82, 2.24) is 9.97 Å². The first-order chi connectivity index (χ1) is 14.3. The van der Waals surface area contributed by atoms with Crippen LogP contribution in [0.1, 0.15) is 11.6 Å². The number of fused-ring (bicyclic) bond motifs is 1. The summed E-state index contributed by atoms with van der Waals surface area (Å²) in [6, 6.07) is 0. The lowest BCUT2D eigenvalue weighted by Crippen LogP contribution is -2.35. The summed E-state index contributed by atoms with van der Waals surface area (Å²) in [7, 11) is -15.6. The van der Waals surface area contributed by atoms with Crippen LogP contribution in [-0.4, -0.2) is 72.8 Å². The molecule has 7 N–H and O–H groups in total. The first-order valence-electron chi connectivity index (χ1n) is 8.06. The second-order valence-corrected chi connectivity index (χ2v) is 10.8. The number of ether oxygens (including phenoxy) is 1. The third-order valence-corrected chi connectivity index (χ3v) is 8.25. The number of hydrogen-bond acceptors (Lipinski definition) is 14. The molecule has 174 valence electrons. The summed E-state index contributed by atoms with van der Waals surface area (Å²) in [5, 5.41) is 20.6. The molecule has 3 heterocycles. The zero-order valence-corrected chi connectivity index (χ0v) is 18.0. The maximum absolute atomic E-state index is 12.5. The van der Waals surface area contributed by atoms with Crippen molar-refractivity contribution >= 4 is 41.2 Å². The summed E-state index contributed by atoms with van der Waals surface area (Å²) in [6.45, 7) is 0. The Labute approximate surface area is 173 Å². The molecule has 31 heavy (non-hydrogen) atoms. The molecule has 0 radical (unpaired) electrons. The summed E-state index contributed by atoms with van der Waals surface area (Å²) < 4.78 is 57.0. The van der Waals surface area contributed by atoms with Gasteiger partial charge < -0.3 is 35.4 Å². The van der Waals surface area contributed by atoms with Gasteiger partial charge >= 0.3 is 23.5 Å². The number of phosphoric ester groups is 1. The lowest BCUT2D eigenvalue weighted by atomic mass is 9.95. The minimum atomic E-state index is -5.66. The molecule has 3 rings (SSSR count). The van der Waals surface area contributed by atoms with E-state index in [9.17, 15) is 28.8 Å². The van der Waals surface area contributed by atoms with Crippen molar-refractivity contribution in [1.29, 1.82) is 0 Å². The van der Waals surface area contributed by atoms with Gasteiger partial charge in [-0.3, -0.25) is 14.0 Å². The summed E-state index contributed by atoms with van der Waals surface area (Å²) in [5.41, 5.74) is 6.19. The highest BCUT2D eigenvalue weighted by Crippen LogP contribution is 2.68. The fourth-order valence-corrected chi connectivity index (χ4v) is 6.21. The number of aromatic nitrogens is 2. The largest absolute Gasteiger partial charge is 0.490 e. The maximum Gasteiger partial charge on any atom is 0.490 e. The number of phosphoric acid groups is 3. The molecule has 0 saturated carbocycles. The van der Waals surface area contributed by atoms with Gasteiger partial charge in [-0.05, 0) is 0 Å². The molecule has 17 nitrogen and oxygen atoms in total. The summed E-state index contributed by atoms with van der Waals surface area (Å²) in [4.78, 5) is 38.4. The van der Waals surface area contributed by atoms with E-state index in [0.717, 1.165) is 6.33 Å². The molecule has 1 saturated heterocycles. The van der Waals surface area contributed by atoms with E-state index >= 15 is 0 Å². The van der Waals surface area contributed by atoms with Crippen LogP contribution in [0.25, 0.3) is 0 Å². The minimum Gasteiger partial charge on any atom is -0.387 e. The number of rotatable bonds is 8. The van der Waals surface area contributed by atoms with Crippen LogP contribution in [0.15, 0.2) is 11.3 Å². The predicted molar refractivity (Wildman–Crippen MR) is 97.8 cm³/mol. The number of aliphatic imine (C=N–C) groups is 1. The van der Waals surface area contributed by atoms with Crippen molar-refractivity contribution in [2.45, 2.75) is 30.5 Å². The molecule has 7 atom stereocenters. The molecule has 2 aliphatic heterocycles. The van der Waals surface area contributed by atoms with Gasteiger partial charge in [-0.2, -0.15) is 8.62 Å². The van der Waals surface area contributed by atoms with Crippen LogP contribution in [-0.2, 0) is 36.1 Å². The molecule has 20 heteroatoms. The van der Waals surface area contributed by atoms with Gasteiger partial charge in [0.1, 0.15) is 30.3 Å². The molecule has 3 unspecified atom stereocenters. The van der Waals surface area contributed by atoms with E-state index in [2.05, 4.69) is 28.1 Å². The smallest absolute Gasteiger partial charge is 0.387 e. The molecular weight excluding hydrogens is 489 g/mol. The molecule has 1 fully saturated rings. The lowest BCUT2D eigenvalue weighted by molar-refractivity contribution is -0.121. The SMILES string of the molecule is COP(=O)(O[C@H]1O[C@@H](C2C=Nc3c(N)ncnc32)[C@H](O)[C@@H]1O)OP(=O)(O)OP(=O)(O)O. The van der Waals surface area contributed by atoms with E-state index in [1.165, 1.54) is 6.21 Å². The number of hydrogen-bond donors (Lipinski definition) is 6. The molecule has 1 aromatic rings. The highest BCUT2D eigenvalue weighted by Gasteiger charge is 2.53. The molecule has 0 spiro atoms. The number of anilines is 1. The van der Waals surface area contributed by atoms with Crippen LogP contribution in [0.5, 0.6) is 0 Å². The van der Waals surface area contributed by atoms with Crippen LogP contribution in [0, 0.1) is 0 Å². The highest BCUT2D eigenvalue weighted by atomic mass is 31.3. The van der Waals surface area contributed by atoms with E-state index in [4.69, 9.17) is 24.8 Å². The normalized spacial score (nSPS) is 31.9. The van der Waals surface area contributed by atoms with Crippen LogP contribution >= 0.6 is 23.5 Å². The van der Waals surface area contributed by atoms with Gasteiger partial charge in [0.05, 0.1) is 11.6 Å². The van der Waals surface area contributed by atoms with E-state index in [0.29, 0.717) is 7.11 Å². The number of nitrogen functional groups attached to an aromatic ring is 1. The van der Waals surface area contributed by atoms with Crippen molar-refractivity contribution in [2.24, 2.45) is 4.99 Å². The van der Waals surface area contributed by atoms with Gasteiger partial charge in [0.2, 0.25) is 0 Å². The van der Waals surface area contributed by atoms with Gasteiger partial charge in [0, 0.05) is 13.3 Å². The number of nitrogens with two attached hydrogens (primary N) is 1. The van der Waals surface area contributed by atoms with Gasteiger partial charge in [-0.25, -0.2) is 23.7 Å². The van der Waals surface area contributed by atoms with E-state index < -0.39 is 54.0 Å². The first kappa shape index (κ1) is 24.5. The van der Waals surface area contributed by atoms with Crippen LogP contribution in [0.2, 0.25) is 0 Å². The van der Waals surface area contributed by atoms with Gasteiger partial charge in [-0.1, -0.05) is 0 Å². The van der Waals surface area contributed by atoms with Crippen molar-refractivity contribution in [3.8, 4) is 0 Å². The van der Waals surface area contributed by atoms with Crippen LogP contribution < -0.4 is 5.73 Å². The molecule has 0 amide bonds. The highest BCUT2D eigenvalue weighted by molar-refractivity contribution is 7.66. The van der Waals surface area contributed by atoms with Gasteiger partial charge in [0.25, 0.3) is 0 Å².